The van der Waals surface area contributed by atoms with Crippen LogP contribution in [0.4, 0.5) is 15.8 Å². The Balaban J connectivity index is 1.78. The van der Waals surface area contributed by atoms with Gasteiger partial charge in [0.05, 0.1) is 11.4 Å². The number of hydrogen-bond donors (Lipinski definition) is 1. The minimum Gasteiger partial charge on any atom is -0.348 e. The van der Waals surface area contributed by atoms with Gasteiger partial charge in [0.2, 0.25) is 0 Å². The molecule has 1 heterocycles. The van der Waals surface area contributed by atoms with E-state index in [0.29, 0.717) is 16.3 Å². The van der Waals surface area contributed by atoms with E-state index in [1.54, 1.807) is 37.3 Å². The molecule has 0 unspecified atom stereocenters. The number of aryl methyl sites for hydroxylation is 2. The number of halogens is 2. The predicted molar refractivity (Wildman–Crippen MR) is 123 cm³/mol. The molecule has 0 bridgehead atoms. The third-order valence-electron chi connectivity index (χ3n) is 4.82. The highest BCUT2D eigenvalue weighted by Crippen LogP contribution is 2.39. The van der Waals surface area contributed by atoms with E-state index in [4.69, 9.17) is 11.6 Å². The van der Waals surface area contributed by atoms with Crippen LogP contribution in [0.25, 0.3) is 0 Å². The van der Waals surface area contributed by atoms with E-state index >= 15 is 0 Å². The highest BCUT2D eigenvalue weighted by atomic mass is 35.5. The second-order valence-electron chi connectivity index (χ2n) is 7.10. The van der Waals surface area contributed by atoms with Crippen LogP contribution in [0.5, 0.6) is 0 Å². The number of hydrogen-bond acceptors (Lipinski definition) is 4. The predicted octanol–water partition coefficient (Wildman–Crippen LogP) is 6.09. The maximum atomic E-state index is 14.3. The van der Waals surface area contributed by atoms with E-state index in [2.05, 4.69) is 5.32 Å². The second kappa shape index (κ2) is 8.57. The van der Waals surface area contributed by atoms with Gasteiger partial charge in [0.1, 0.15) is 16.4 Å². The fourth-order valence-corrected chi connectivity index (χ4v) is 4.38. The fraction of sp³-hybridized carbons (Fsp3) is 0.0833. The van der Waals surface area contributed by atoms with Crippen LogP contribution in [0.2, 0.25) is 5.02 Å². The van der Waals surface area contributed by atoms with Gasteiger partial charge in [-0.2, -0.15) is 0 Å². The number of nitrogens with one attached hydrogen (secondary N) is 1. The Morgan fingerprint density at radius 2 is 1.65 bits per heavy atom. The number of anilines is 2. The van der Waals surface area contributed by atoms with Gasteiger partial charge in [0.15, 0.2) is 0 Å². The van der Waals surface area contributed by atoms with Crippen LogP contribution >= 0.6 is 23.4 Å². The zero-order valence-electron chi connectivity index (χ0n) is 16.8. The summed E-state index contributed by atoms with van der Waals surface area (Å²) < 4.78 is 14.3. The lowest BCUT2D eigenvalue weighted by Gasteiger charge is -2.18. The maximum Gasteiger partial charge on any atom is 0.283 e. The number of carbonyl (C=O) groups is 2. The largest absolute Gasteiger partial charge is 0.348 e. The van der Waals surface area contributed by atoms with E-state index in [1.807, 2.05) is 31.2 Å². The summed E-state index contributed by atoms with van der Waals surface area (Å²) in [7, 11) is 0. The van der Waals surface area contributed by atoms with Gasteiger partial charge < -0.3 is 5.32 Å². The number of carbonyl (C=O) groups excluding carboxylic acids is 2. The van der Waals surface area contributed by atoms with Gasteiger partial charge in [0.25, 0.3) is 11.8 Å². The maximum absolute atomic E-state index is 14.3. The minimum absolute atomic E-state index is 0.0371. The summed E-state index contributed by atoms with van der Waals surface area (Å²) in [5, 5.41) is 3.35. The first-order chi connectivity index (χ1) is 14.8. The smallest absolute Gasteiger partial charge is 0.283 e. The molecule has 1 aliphatic rings. The summed E-state index contributed by atoms with van der Waals surface area (Å²) >= 11 is 7.21. The third kappa shape index (κ3) is 4.22. The molecule has 2 amide bonds. The van der Waals surface area contributed by atoms with Crippen molar-refractivity contribution in [2.45, 2.75) is 18.7 Å². The van der Waals surface area contributed by atoms with Crippen molar-refractivity contribution >= 4 is 46.6 Å². The summed E-state index contributed by atoms with van der Waals surface area (Å²) in [5.41, 5.74) is 2.36. The van der Waals surface area contributed by atoms with Crippen molar-refractivity contribution in [3.8, 4) is 0 Å². The molecule has 0 saturated carbocycles. The number of amides is 2. The van der Waals surface area contributed by atoms with Crippen LogP contribution in [0, 0.1) is 19.7 Å². The Labute approximate surface area is 188 Å². The van der Waals surface area contributed by atoms with Gasteiger partial charge in [-0.15, -0.1) is 0 Å². The SMILES string of the molecule is Cc1ccc(SC2=C(Nc3ccccc3F)C(=O)N(c3ccc(Cl)cc3C)C2=O)cc1. The van der Waals surface area contributed by atoms with E-state index in [9.17, 15) is 14.0 Å². The average molecular weight is 453 g/mol. The van der Waals surface area contributed by atoms with Crippen molar-refractivity contribution in [2.75, 3.05) is 10.2 Å². The highest BCUT2D eigenvalue weighted by Gasteiger charge is 2.41. The molecule has 1 N–H and O–H groups in total. The molecule has 3 aromatic carbocycles. The summed E-state index contributed by atoms with van der Waals surface area (Å²) in [6.07, 6.45) is 0. The Kier molecular flexibility index (Phi) is 5.85. The third-order valence-corrected chi connectivity index (χ3v) is 6.14. The van der Waals surface area contributed by atoms with Crippen molar-refractivity contribution in [3.05, 3.63) is 99.3 Å². The Bertz CT molecular complexity index is 1220. The van der Waals surface area contributed by atoms with E-state index in [0.717, 1.165) is 15.4 Å². The molecule has 0 atom stereocenters. The molecule has 156 valence electrons. The Morgan fingerprint density at radius 3 is 2.32 bits per heavy atom. The minimum atomic E-state index is -0.548. The zero-order valence-corrected chi connectivity index (χ0v) is 18.4. The van der Waals surface area contributed by atoms with Crippen molar-refractivity contribution < 1.29 is 14.0 Å². The lowest BCUT2D eigenvalue weighted by molar-refractivity contribution is -0.120. The van der Waals surface area contributed by atoms with E-state index in [-0.39, 0.29) is 16.3 Å². The first kappa shape index (κ1) is 21.2. The van der Waals surface area contributed by atoms with Crippen LogP contribution in [0.3, 0.4) is 0 Å². The van der Waals surface area contributed by atoms with Crippen LogP contribution in [0.1, 0.15) is 11.1 Å². The number of imide groups is 1. The van der Waals surface area contributed by atoms with Gasteiger partial charge in [0, 0.05) is 9.92 Å². The Morgan fingerprint density at radius 1 is 0.935 bits per heavy atom. The van der Waals surface area contributed by atoms with Crippen molar-refractivity contribution in [2.24, 2.45) is 0 Å². The molecule has 31 heavy (non-hydrogen) atoms. The summed E-state index contributed by atoms with van der Waals surface area (Å²) in [4.78, 5) is 28.8. The molecular weight excluding hydrogens is 435 g/mol. The van der Waals surface area contributed by atoms with E-state index in [1.165, 1.54) is 23.9 Å². The molecule has 3 aromatic rings. The molecule has 1 aliphatic heterocycles. The number of rotatable bonds is 5. The molecule has 0 aliphatic carbocycles. The van der Waals surface area contributed by atoms with E-state index < -0.39 is 17.6 Å². The van der Waals surface area contributed by atoms with Crippen molar-refractivity contribution in [1.29, 1.82) is 0 Å². The van der Waals surface area contributed by atoms with Gasteiger partial charge in [-0.05, 0) is 61.9 Å². The molecule has 0 spiro atoms. The molecule has 7 heteroatoms. The van der Waals surface area contributed by atoms with Crippen LogP contribution < -0.4 is 10.2 Å². The summed E-state index contributed by atoms with van der Waals surface area (Å²) in [6, 6.07) is 18.6. The van der Waals surface area contributed by atoms with Crippen LogP contribution in [0.15, 0.2) is 82.2 Å². The van der Waals surface area contributed by atoms with Crippen molar-refractivity contribution in [1.82, 2.24) is 0 Å². The first-order valence-electron chi connectivity index (χ1n) is 9.50. The zero-order chi connectivity index (χ0) is 22.1. The molecule has 0 saturated heterocycles. The van der Waals surface area contributed by atoms with Crippen LogP contribution in [-0.2, 0) is 9.59 Å². The Hall–Kier alpha value is -3.09. The molecule has 4 nitrogen and oxygen atoms in total. The van der Waals surface area contributed by atoms with Gasteiger partial charge in [-0.1, -0.05) is 53.2 Å². The number of thioether (sulfide) groups is 1. The fourth-order valence-electron chi connectivity index (χ4n) is 3.22. The standard InChI is InChI=1S/C24H18ClFN2O2S/c1-14-7-10-17(11-8-14)31-22-21(27-19-6-4-3-5-18(19)26)23(29)28(24(22)30)20-12-9-16(25)13-15(20)2/h3-13,27H,1-2H3. The lowest BCUT2D eigenvalue weighted by atomic mass is 10.2. The highest BCUT2D eigenvalue weighted by molar-refractivity contribution is 8.04. The molecule has 0 fully saturated rings. The van der Waals surface area contributed by atoms with Crippen molar-refractivity contribution in [3.63, 3.8) is 0 Å². The molecular formula is C24H18ClFN2O2S. The van der Waals surface area contributed by atoms with Crippen LogP contribution in [-0.4, -0.2) is 11.8 Å². The van der Waals surface area contributed by atoms with Gasteiger partial charge in [-0.3, -0.25) is 9.59 Å². The van der Waals surface area contributed by atoms with Gasteiger partial charge in [-0.25, -0.2) is 9.29 Å². The monoisotopic (exact) mass is 452 g/mol. The topological polar surface area (TPSA) is 49.4 Å². The number of nitrogens with zero attached hydrogens (tertiary/aromatic N) is 1. The first-order valence-corrected chi connectivity index (χ1v) is 10.7. The quantitative estimate of drug-likeness (QED) is 0.476. The molecule has 0 radical (unpaired) electrons. The second-order valence-corrected chi connectivity index (χ2v) is 8.62. The molecule has 4 rings (SSSR count). The average Bonchev–Trinajstić information content (AvgIpc) is 2.96. The lowest BCUT2D eigenvalue weighted by Crippen LogP contribution is -2.33. The number of benzene rings is 3. The number of para-hydroxylation sites is 1. The normalized spacial score (nSPS) is 13.9. The van der Waals surface area contributed by atoms with Gasteiger partial charge >= 0.3 is 0 Å². The molecule has 0 aromatic heterocycles. The summed E-state index contributed by atoms with van der Waals surface area (Å²) in [5.74, 6) is -1.54. The summed E-state index contributed by atoms with van der Waals surface area (Å²) in [6.45, 7) is 3.74.